The van der Waals surface area contributed by atoms with Gasteiger partial charge in [0.1, 0.15) is 0 Å². The number of aryl methyl sites for hydroxylation is 1. The topological polar surface area (TPSA) is 57.6 Å². The highest BCUT2D eigenvalue weighted by atomic mass is 16.4. The van der Waals surface area contributed by atoms with Crippen LogP contribution in [0.5, 0.6) is 0 Å². The Morgan fingerprint density at radius 2 is 1.84 bits per heavy atom. The lowest BCUT2D eigenvalue weighted by Gasteiger charge is -2.35. The van der Waals surface area contributed by atoms with Gasteiger partial charge in [-0.05, 0) is 48.4 Å². The van der Waals surface area contributed by atoms with Crippen LogP contribution in [0.2, 0.25) is 0 Å². The predicted molar refractivity (Wildman–Crippen MR) is 98.5 cm³/mol. The molecule has 1 atom stereocenters. The molecule has 3 rings (SSSR count). The number of hydrogen-bond acceptors (Lipinski definition) is 2. The first-order valence-electron chi connectivity index (χ1n) is 9.12. The van der Waals surface area contributed by atoms with Gasteiger partial charge in [-0.15, -0.1) is 0 Å². The SMILES string of the molecule is O=C(O)CCC1CCCCN1C(=O)CCc1ccc2ccccc2c1. The van der Waals surface area contributed by atoms with E-state index in [1.165, 1.54) is 16.3 Å². The molecule has 0 bridgehead atoms. The lowest BCUT2D eigenvalue weighted by atomic mass is 9.96. The number of carboxylic acid groups (broad SMARTS) is 1. The van der Waals surface area contributed by atoms with Gasteiger partial charge in [-0.25, -0.2) is 0 Å². The minimum atomic E-state index is -0.783. The molecule has 4 heteroatoms. The second-order valence-electron chi connectivity index (χ2n) is 6.85. The Kier molecular flexibility index (Phi) is 5.69. The van der Waals surface area contributed by atoms with Crippen LogP contribution in [0.15, 0.2) is 42.5 Å². The summed E-state index contributed by atoms with van der Waals surface area (Å²) in [6.07, 6.45) is 4.95. The Labute approximate surface area is 148 Å². The third-order valence-corrected chi connectivity index (χ3v) is 5.08. The van der Waals surface area contributed by atoms with Crippen molar-refractivity contribution in [1.82, 2.24) is 4.90 Å². The van der Waals surface area contributed by atoms with E-state index in [9.17, 15) is 9.59 Å². The van der Waals surface area contributed by atoms with Crippen LogP contribution >= 0.6 is 0 Å². The third kappa shape index (κ3) is 4.59. The van der Waals surface area contributed by atoms with Gasteiger partial charge in [-0.3, -0.25) is 9.59 Å². The average molecular weight is 339 g/mol. The van der Waals surface area contributed by atoms with Crippen molar-refractivity contribution in [3.05, 3.63) is 48.0 Å². The zero-order valence-electron chi connectivity index (χ0n) is 14.5. The first-order valence-corrected chi connectivity index (χ1v) is 9.12. The standard InChI is InChI=1S/C21H25NO3/c23-20(22-14-4-3-7-19(22)11-13-21(24)25)12-9-16-8-10-17-5-1-2-6-18(17)15-16/h1-2,5-6,8,10,15,19H,3-4,7,9,11-14H2,(H,24,25). The molecule has 4 nitrogen and oxygen atoms in total. The van der Waals surface area contributed by atoms with Crippen molar-refractivity contribution in [3.63, 3.8) is 0 Å². The number of carbonyl (C=O) groups excluding carboxylic acids is 1. The van der Waals surface area contributed by atoms with Crippen LogP contribution < -0.4 is 0 Å². The smallest absolute Gasteiger partial charge is 0.303 e. The molecule has 1 fully saturated rings. The summed E-state index contributed by atoms with van der Waals surface area (Å²) < 4.78 is 0. The lowest BCUT2D eigenvalue weighted by Crippen LogP contribution is -2.44. The summed E-state index contributed by atoms with van der Waals surface area (Å²) in [6, 6.07) is 14.7. The molecule has 1 amide bonds. The van der Waals surface area contributed by atoms with Crippen LogP contribution in [0.1, 0.15) is 44.1 Å². The molecular weight excluding hydrogens is 314 g/mol. The molecule has 0 radical (unpaired) electrons. The van der Waals surface area contributed by atoms with E-state index in [1.54, 1.807) is 0 Å². The zero-order chi connectivity index (χ0) is 17.6. The Balaban J connectivity index is 1.60. The predicted octanol–water partition coefficient (Wildman–Crippen LogP) is 4.02. The van der Waals surface area contributed by atoms with Gasteiger partial charge in [-0.1, -0.05) is 42.5 Å². The molecular formula is C21H25NO3. The van der Waals surface area contributed by atoms with Gasteiger partial charge in [0.05, 0.1) is 0 Å². The number of benzene rings is 2. The summed E-state index contributed by atoms with van der Waals surface area (Å²) in [6.45, 7) is 0.765. The molecule has 1 N–H and O–H groups in total. The molecule has 0 spiro atoms. The number of carboxylic acids is 1. The van der Waals surface area contributed by atoms with Crippen LogP contribution in [0.25, 0.3) is 10.8 Å². The number of fused-ring (bicyclic) bond motifs is 1. The van der Waals surface area contributed by atoms with Crippen molar-refractivity contribution < 1.29 is 14.7 Å². The van der Waals surface area contributed by atoms with Crippen molar-refractivity contribution >= 4 is 22.6 Å². The molecule has 132 valence electrons. The van der Waals surface area contributed by atoms with Gasteiger partial charge in [0.25, 0.3) is 0 Å². The number of hydrogen-bond donors (Lipinski definition) is 1. The van der Waals surface area contributed by atoms with Crippen LogP contribution in [0, 0.1) is 0 Å². The molecule has 0 saturated carbocycles. The number of aliphatic carboxylic acids is 1. The van der Waals surface area contributed by atoms with Gasteiger partial charge in [0, 0.05) is 25.4 Å². The Morgan fingerprint density at radius 1 is 1.04 bits per heavy atom. The maximum absolute atomic E-state index is 12.7. The van der Waals surface area contributed by atoms with Gasteiger partial charge in [-0.2, -0.15) is 0 Å². The molecule has 1 saturated heterocycles. The monoisotopic (exact) mass is 339 g/mol. The zero-order valence-corrected chi connectivity index (χ0v) is 14.5. The number of likely N-dealkylation sites (tertiary alicyclic amines) is 1. The second kappa shape index (κ2) is 8.15. The normalized spacial score (nSPS) is 17.6. The summed E-state index contributed by atoms with van der Waals surface area (Å²) in [4.78, 5) is 25.4. The van der Waals surface area contributed by atoms with E-state index in [0.29, 0.717) is 12.8 Å². The number of amides is 1. The van der Waals surface area contributed by atoms with Crippen molar-refractivity contribution in [2.45, 2.75) is 51.0 Å². The Morgan fingerprint density at radius 3 is 2.64 bits per heavy atom. The summed E-state index contributed by atoms with van der Waals surface area (Å²) in [5.41, 5.74) is 1.17. The number of carbonyl (C=O) groups is 2. The van der Waals surface area contributed by atoms with Crippen molar-refractivity contribution in [1.29, 1.82) is 0 Å². The van der Waals surface area contributed by atoms with Crippen LogP contribution in [0.4, 0.5) is 0 Å². The maximum Gasteiger partial charge on any atom is 0.303 e. The Hall–Kier alpha value is -2.36. The van der Waals surface area contributed by atoms with Crippen molar-refractivity contribution in [2.75, 3.05) is 6.54 Å². The average Bonchev–Trinajstić information content (AvgIpc) is 2.64. The summed E-state index contributed by atoms with van der Waals surface area (Å²) >= 11 is 0. The van der Waals surface area contributed by atoms with E-state index in [0.717, 1.165) is 32.2 Å². The van der Waals surface area contributed by atoms with E-state index < -0.39 is 5.97 Å². The van der Waals surface area contributed by atoms with Crippen molar-refractivity contribution in [2.24, 2.45) is 0 Å². The molecule has 2 aromatic rings. The maximum atomic E-state index is 12.7. The second-order valence-corrected chi connectivity index (χ2v) is 6.85. The summed E-state index contributed by atoms with van der Waals surface area (Å²) in [5.74, 6) is -0.627. The minimum absolute atomic E-state index is 0.0916. The van der Waals surface area contributed by atoms with E-state index >= 15 is 0 Å². The highest BCUT2D eigenvalue weighted by Gasteiger charge is 2.26. The number of nitrogens with zero attached hydrogens (tertiary/aromatic N) is 1. The van der Waals surface area contributed by atoms with Gasteiger partial charge < -0.3 is 10.0 Å². The minimum Gasteiger partial charge on any atom is -0.481 e. The molecule has 0 aliphatic carbocycles. The molecule has 1 unspecified atom stereocenters. The molecule has 0 aromatic heterocycles. The highest BCUT2D eigenvalue weighted by Crippen LogP contribution is 2.23. The van der Waals surface area contributed by atoms with Crippen LogP contribution in [0.3, 0.4) is 0 Å². The number of rotatable bonds is 6. The van der Waals surface area contributed by atoms with Crippen molar-refractivity contribution in [3.8, 4) is 0 Å². The van der Waals surface area contributed by atoms with Crippen LogP contribution in [-0.2, 0) is 16.0 Å². The lowest BCUT2D eigenvalue weighted by molar-refractivity contribution is -0.140. The highest BCUT2D eigenvalue weighted by molar-refractivity contribution is 5.83. The Bertz CT molecular complexity index is 756. The molecule has 1 aliphatic rings. The molecule has 1 heterocycles. The summed E-state index contributed by atoms with van der Waals surface area (Å²) in [5, 5.41) is 11.3. The molecule has 25 heavy (non-hydrogen) atoms. The largest absolute Gasteiger partial charge is 0.481 e. The van der Waals surface area contributed by atoms with Gasteiger partial charge >= 0.3 is 5.97 Å². The molecule has 2 aromatic carbocycles. The number of piperidine rings is 1. The first kappa shape index (κ1) is 17.5. The first-order chi connectivity index (χ1) is 12.1. The van der Waals surface area contributed by atoms with E-state index in [1.807, 2.05) is 17.0 Å². The fourth-order valence-electron chi connectivity index (χ4n) is 3.71. The fourth-order valence-corrected chi connectivity index (χ4v) is 3.71. The summed E-state index contributed by atoms with van der Waals surface area (Å²) in [7, 11) is 0. The van der Waals surface area contributed by atoms with E-state index in [-0.39, 0.29) is 18.4 Å². The van der Waals surface area contributed by atoms with Crippen LogP contribution in [-0.4, -0.2) is 34.5 Å². The quantitative estimate of drug-likeness (QED) is 0.865. The fraction of sp³-hybridized carbons (Fsp3) is 0.429. The third-order valence-electron chi connectivity index (χ3n) is 5.08. The van der Waals surface area contributed by atoms with E-state index in [2.05, 4.69) is 30.3 Å². The van der Waals surface area contributed by atoms with E-state index in [4.69, 9.17) is 5.11 Å². The molecule has 1 aliphatic heterocycles. The van der Waals surface area contributed by atoms with Gasteiger partial charge in [0.15, 0.2) is 0 Å². The van der Waals surface area contributed by atoms with Gasteiger partial charge in [0.2, 0.25) is 5.91 Å².